The lowest BCUT2D eigenvalue weighted by molar-refractivity contribution is 0.0925. The molecule has 0 saturated carbocycles. The molecule has 0 aliphatic heterocycles. The molecule has 0 saturated heterocycles. The minimum absolute atomic E-state index is 0.0498. The van der Waals surface area contributed by atoms with Crippen LogP contribution in [0.3, 0.4) is 0 Å². The molecule has 0 bridgehead atoms. The van der Waals surface area contributed by atoms with Crippen molar-refractivity contribution in [2.75, 3.05) is 27.9 Å². The predicted octanol–water partition coefficient (Wildman–Crippen LogP) is 3.72. The Kier molecular flexibility index (Phi) is 5.45. The van der Waals surface area contributed by atoms with Crippen LogP contribution < -0.4 is 14.8 Å². The number of ether oxygens (including phenoxy) is 3. The third-order valence-electron chi connectivity index (χ3n) is 5.59. The molecule has 152 valence electrons. The number of hydrogen-bond acceptors (Lipinski definition) is 4. The number of benzene rings is 2. The first-order chi connectivity index (χ1) is 14.2. The number of fused-ring (bicyclic) bond motifs is 2. The molecule has 0 spiro atoms. The Labute approximate surface area is 170 Å². The molecule has 6 nitrogen and oxygen atoms in total. The van der Waals surface area contributed by atoms with E-state index in [4.69, 9.17) is 14.2 Å². The molecule has 1 aliphatic rings. The predicted molar refractivity (Wildman–Crippen MR) is 112 cm³/mol. The number of rotatable bonds is 7. The lowest BCUT2D eigenvalue weighted by atomic mass is 10.1. The van der Waals surface area contributed by atoms with Gasteiger partial charge < -0.3 is 24.1 Å². The van der Waals surface area contributed by atoms with Gasteiger partial charge in [0.1, 0.15) is 5.69 Å². The number of nitrogens with zero attached hydrogens (tertiary/aromatic N) is 1. The molecule has 0 radical (unpaired) electrons. The first-order valence-corrected chi connectivity index (χ1v) is 9.79. The molecule has 0 unspecified atom stereocenters. The maximum Gasteiger partial charge on any atom is 0.268 e. The van der Waals surface area contributed by atoms with Crippen molar-refractivity contribution < 1.29 is 19.0 Å². The molecule has 1 atom stereocenters. The summed E-state index contributed by atoms with van der Waals surface area (Å²) in [4.78, 5) is 13.2. The van der Waals surface area contributed by atoms with Gasteiger partial charge in [0.25, 0.3) is 5.91 Å². The highest BCUT2D eigenvalue weighted by atomic mass is 16.5. The summed E-state index contributed by atoms with van der Waals surface area (Å²) >= 11 is 0. The minimum atomic E-state index is -0.0788. The number of para-hydroxylation sites is 1. The average molecular weight is 394 g/mol. The van der Waals surface area contributed by atoms with Crippen molar-refractivity contribution in [3.8, 4) is 11.5 Å². The SMILES string of the molecule is COCCn1c(C(=O)N[C@@H]2CCc3cc(OC)c(OC)cc32)cc2ccccc21. The highest BCUT2D eigenvalue weighted by Gasteiger charge is 2.27. The maximum atomic E-state index is 13.2. The van der Waals surface area contributed by atoms with Gasteiger partial charge in [-0.05, 0) is 48.2 Å². The van der Waals surface area contributed by atoms with E-state index in [0.717, 1.165) is 35.1 Å². The monoisotopic (exact) mass is 394 g/mol. The summed E-state index contributed by atoms with van der Waals surface area (Å²) < 4.78 is 18.1. The van der Waals surface area contributed by atoms with Crippen molar-refractivity contribution in [2.45, 2.75) is 25.4 Å². The van der Waals surface area contributed by atoms with Crippen LogP contribution in [-0.2, 0) is 17.7 Å². The van der Waals surface area contributed by atoms with Crippen LogP contribution in [0.2, 0.25) is 0 Å². The lowest BCUT2D eigenvalue weighted by Gasteiger charge is -2.17. The fourth-order valence-corrected chi connectivity index (χ4v) is 4.14. The second-order valence-electron chi connectivity index (χ2n) is 7.20. The molecule has 1 aromatic heterocycles. The van der Waals surface area contributed by atoms with E-state index >= 15 is 0 Å². The van der Waals surface area contributed by atoms with Crippen molar-refractivity contribution in [1.29, 1.82) is 0 Å². The van der Waals surface area contributed by atoms with Crippen LogP contribution >= 0.6 is 0 Å². The van der Waals surface area contributed by atoms with Gasteiger partial charge in [0.2, 0.25) is 0 Å². The van der Waals surface area contributed by atoms with Gasteiger partial charge in [-0.2, -0.15) is 0 Å². The molecule has 1 aliphatic carbocycles. The van der Waals surface area contributed by atoms with Crippen LogP contribution in [-0.4, -0.2) is 38.4 Å². The molecule has 1 N–H and O–H groups in total. The van der Waals surface area contributed by atoms with Crippen LogP contribution in [0, 0.1) is 0 Å². The third kappa shape index (κ3) is 3.56. The standard InChI is InChI=1S/C23H26N2O4/c1-27-11-10-25-19-7-5-4-6-16(19)12-20(25)23(26)24-18-9-8-15-13-21(28-2)22(29-3)14-17(15)18/h4-7,12-14,18H,8-11H2,1-3H3,(H,24,26)/t18-/m1/s1. The largest absolute Gasteiger partial charge is 0.493 e. The lowest BCUT2D eigenvalue weighted by Crippen LogP contribution is -2.29. The Morgan fingerprint density at radius 3 is 2.62 bits per heavy atom. The first-order valence-electron chi connectivity index (χ1n) is 9.79. The number of methoxy groups -OCH3 is 3. The Morgan fingerprint density at radius 1 is 1.10 bits per heavy atom. The second-order valence-corrected chi connectivity index (χ2v) is 7.20. The Balaban J connectivity index is 1.63. The summed E-state index contributed by atoms with van der Waals surface area (Å²) in [5.41, 5.74) is 3.97. The number of carbonyl (C=O) groups is 1. The molecule has 2 aromatic carbocycles. The third-order valence-corrected chi connectivity index (χ3v) is 5.59. The van der Waals surface area contributed by atoms with Gasteiger partial charge in [-0.1, -0.05) is 18.2 Å². The Hall–Kier alpha value is -2.99. The van der Waals surface area contributed by atoms with Gasteiger partial charge in [-0.15, -0.1) is 0 Å². The topological polar surface area (TPSA) is 61.7 Å². The van der Waals surface area contributed by atoms with Crippen molar-refractivity contribution in [3.05, 3.63) is 59.3 Å². The minimum Gasteiger partial charge on any atom is -0.493 e. The maximum absolute atomic E-state index is 13.2. The molecule has 1 amide bonds. The zero-order valence-electron chi connectivity index (χ0n) is 17.0. The molecule has 4 rings (SSSR count). The van der Waals surface area contributed by atoms with E-state index in [1.165, 1.54) is 5.56 Å². The van der Waals surface area contributed by atoms with Crippen LogP contribution in [0.15, 0.2) is 42.5 Å². The summed E-state index contributed by atoms with van der Waals surface area (Å²) in [7, 11) is 4.93. The zero-order chi connectivity index (χ0) is 20.4. The smallest absolute Gasteiger partial charge is 0.268 e. The molecule has 0 fully saturated rings. The molecule has 1 heterocycles. The highest BCUT2D eigenvalue weighted by Crippen LogP contribution is 2.39. The fraction of sp³-hybridized carbons (Fsp3) is 0.348. The highest BCUT2D eigenvalue weighted by molar-refractivity contribution is 5.99. The van der Waals surface area contributed by atoms with Crippen LogP contribution in [0.1, 0.15) is 34.1 Å². The van der Waals surface area contributed by atoms with E-state index in [1.807, 2.05) is 47.0 Å². The van der Waals surface area contributed by atoms with Crippen molar-refractivity contribution in [2.24, 2.45) is 0 Å². The van der Waals surface area contributed by atoms with E-state index in [2.05, 4.69) is 5.32 Å². The number of carbonyl (C=O) groups excluding carboxylic acids is 1. The van der Waals surface area contributed by atoms with Crippen LogP contribution in [0.25, 0.3) is 10.9 Å². The van der Waals surface area contributed by atoms with Crippen LogP contribution in [0.4, 0.5) is 0 Å². The molecule has 6 heteroatoms. The van der Waals surface area contributed by atoms with Crippen molar-refractivity contribution >= 4 is 16.8 Å². The zero-order valence-corrected chi connectivity index (χ0v) is 17.0. The summed E-state index contributed by atoms with van der Waals surface area (Å²) in [6.07, 6.45) is 1.75. The van der Waals surface area contributed by atoms with Gasteiger partial charge >= 0.3 is 0 Å². The van der Waals surface area contributed by atoms with E-state index in [-0.39, 0.29) is 11.9 Å². The molecule has 29 heavy (non-hydrogen) atoms. The van der Waals surface area contributed by atoms with Gasteiger partial charge in [-0.3, -0.25) is 4.79 Å². The summed E-state index contributed by atoms with van der Waals surface area (Å²) in [5.74, 6) is 1.32. The van der Waals surface area contributed by atoms with Gasteiger partial charge in [0.15, 0.2) is 11.5 Å². The van der Waals surface area contributed by atoms with E-state index < -0.39 is 0 Å². The van der Waals surface area contributed by atoms with Crippen molar-refractivity contribution in [3.63, 3.8) is 0 Å². The van der Waals surface area contributed by atoms with E-state index in [9.17, 15) is 4.79 Å². The molecular formula is C23H26N2O4. The van der Waals surface area contributed by atoms with Gasteiger partial charge in [0.05, 0.1) is 26.9 Å². The Bertz CT molecular complexity index is 1040. The van der Waals surface area contributed by atoms with Crippen LogP contribution in [0.5, 0.6) is 11.5 Å². The number of aryl methyl sites for hydroxylation is 1. The van der Waals surface area contributed by atoms with Gasteiger partial charge in [-0.25, -0.2) is 0 Å². The summed E-state index contributed by atoms with van der Waals surface area (Å²) in [5, 5.41) is 4.27. The van der Waals surface area contributed by atoms with Gasteiger partial charge in [0, 0.05) is 24.6 Å². The van der Waals surface area contributed by atoms with E-state index in [0.29, 0.717) is 24.6 Å². The number of nitrogens with one attached hydrogen (secondary N) is 1. The molecule has 3 aromatic rings. The normalized spacial score (nSPS) is 15.3. The second kappa shape index (κ2) is 8.17. The summed E-state index contributed by atoms with van der Waals surface area (Å²) in [6, 6.07) is 13.9. The average Bonchev–Trinajstić information content (AvgIpc) is 3.32. The number of amides is 1. The fourth-order valence-electron chi connectivity index (χ4n) is 4.14. The molecular weight excluding hydrogens is 368 g/mol. The van der Waals surface area contributed by atoms with Crippen molar-refractivity contribution in [1.82, 2.24) is 9.88 Å². The van der Waals surface area contributed by atoms with E-state index in [1.54, 1.807) is 21.3 Å². The Morgan fingerprint density at radius 2 is 1.86 bits per heavy atom. The first kappa shape index (κ1) is 19.3. The number of hydrogen-bond donors (Lipinski definition) is 1. The summed E-state index contributed by atoms with van der Waals surface area (Å²) in [6.45, 7) is 1.17. The number of aromatic nitrogens is 1. The quantitative estimate of drug-likeness (QED) is 0.663.